The van der Waals surface area contributed by atoms with Crippen molar-refractivity contribution in [3.63, 3.8) is 0 Å². The van der Waals surface area contributed by atoms with Gasteiger partial charge in [-0.25, -0.2) is 4.98 Å². The van der Waals surface area contributed by atoms with Gasteiger partial charge >= 0.3 is 0 Å². The number of fused-ring (bicyclic) bond motifs is 1. The third kappa shape index (κ3) is 5.00. The molecule has 0 bridgehead atoms. The van der Waals surface area contributed by atoms with Crippen LogP contribution in [0, 0.1) is 5.92 Å². The number of rotatable bonds is 8. The summed E-state index contributed by atoms with van der Waals surface area (Å²) in [6.45, 7) is 5.00. The summed E-state index contributed by atoms with van der Waals surface area (Å²) in [6, 6.07) is 11.3. The highest BCUT2D eigenvalue weighted by Crippen LogP contribution is 2.40. The van der Waals surface area contributed by atoms with E-state index in [2.05, 4.69) is 57.9 Å². The summed E-state index contributed by atoms with van der Waals surface area (Å²) in [5.74, 6) is 2.48. The lowest BCUT2D eigenvalue weighted by atomic mass is 9.97. The molecule has 2 aromatic heterocycles. The highest BCUT2D eigenvalue weighted by atomic mass is 32.1. The maximum Gasteiger partial charge on any atom is 0.226 e. The Morgan fingerprint density at radius 3 is 2.64 bits per heavy atom. The van der Waals surface area contributed by atoms with Gasteiger partial charge in [0.15, 0.2) is 0 Å². The first kappa shape index (κ1) is 22.6. The van der Waals surface area contributed by atoms with Crippen molar-refractivity contribution in [1.82, 2.24) is 14.9 Å². The standard InChI is InChI=1S/C26H35N5OS/c1-30-14-6-9-21(30)10-13-27-26-28-24(31-15-11-19(12-16-31)17-32-2)23-22(18-33-25(23)29-26)20-7-4-3-5-8-20/h3-5,7-8,18-19,21H,6,9-17H2,1-2H3,(H,27,28,29). The van der Waals surface area contributed by atoms with E-state index in [1.807, 2.05) is 0 Å². The highest BCUT2D eigenvalue weighted by Gasteiger charge is 2.25. The molecule has 0 spiro atoms. The van der Waals surface area contributed by atoms with Crippen LogP contribution in [0.1, 0.15) is 32.1 Å². The van der Waals surface area contributed by atoms with Crippen LogP contribution in [0.15, 0.2) is 35.7 Å². The predicted octanol–water partition coefficient (Wildman–Crippen LogP) is 5.12. The number of likely N-dealkylation sites (tertiary alicyclic amines) is 1. The Kier molecular flexibility index (Phi) is 7.09. The van der Waals surface area contributed by atoms with Gasteiger partial charge in [-0.2, -0.15) is 4.98 Å². The number of ether oxygens (including phenoxy) is 1. The van der Waals surface area contributed by atoms with Gasteiger partial charge in [0.1, 0.15) is 10.6 Å². The minimum absolute atomic E-state index is 0.639. The van der Waals surface area contributed by atoms with Gasteiger partial charge in [0.25, 0.3) is 0 Å². The molecule has 2 aliphatic heterocycles. The Balaban J connectivity index is 1.42. The Morgan fingerprint density at radius 2 is 1.91 bits per heavy atom. The number of nitrogens with zero attached hydrogens (tertiary/aromatic N) is 4. The molecule has 1 aromatic carbocycles. The van der Waals surface area contributed by atoms with Crippen molar-refractivity contribution in [2.45, 2.75) is 38.1 Å². The van der Waals surface area contributed by atoms with Crippen molar-refractivity contribution < 1.29 is 4.74 Å². The zero-order chi connectivity index (χ0) is 22.6. The van der Waals surface area contributed by atoms with Gasteiger partial charge in [-0.05, 0) is 57.2 Å². The van der Waals surface area contributed by atoms with E-state index in [4.69, 9.17) is 14.7 Å². The molecule has 2 saturated heterocycles. The van der Waals surface area contributed by atoms with Gasteiger partial charge in [-0.15, -0.1) is 11.3 Å². The van der Waals surface area contributed by atoms with Crippen LogP contribution in [0.2, 0.25) is 0 Å². The first-order valence-corrected chi connectivity index (χ1v) is 13.1. The smallest absolute Gasteiger partial charge is 0.226 e. The molecule has 5 rings (SSSR count). The molecule has 0 amide bonds. The van der Waals surface area contributed by atoms with Crippen LogP contribution in [0.4, 0.5) is 11.8 Å². The topological polar surface area (TPSA) is 53.5 Å². The molecule has 1 atom stereocenters. The van der Waals surface area contributed by atoms with E-state index in [1.54, 1.807) is 18.4 Å². The maximum atomic E-state index is 5.41. The largest absolute Gasteiger partial charge is 0.384 e. The molecule has 0 saturated carbocycles. The van der Waals surface area contributed by atoms with E-state index >= 15 is 0 Å². The fourth-order valence-electron chi connectivity index (χ4n) is 5.30. The molecule has 6 nitrogen and oxygen atoms in total. The van der Waals surface area contributed by atoms with E-state index < -0.39 is 0 Å². The Labute approximate surface area is 201 Å². The summed E-state index contributed by atoms with van der Waals surface area (Å²) in [7, 11) is 4.04. The van der Waals surface area contributed by atoms with Crippen LogP contribution in [-0.2, 0) is 4.74 Å². The molecule has 7 heteroatoms. The number of aromatic nitrogens is 2. The van der Waals surface area contributed by atoms with E-state index in [1.165, 1.54) is 35.9 Å². The number of methoxy groups -OCH3 is 1. The van der Waals surface area contributed by atoms with Crippen LogP contribution >= 0.6 is 11.3 Å². The molecule has 2 aliphatic rings. The van der Waals surface area contributed by atoms with Crippen LogP contribution in [0.25, 0.3) is 21.3 Å². The molecule has 0 aliphatic carbocycles. The minimum atomic E-state index is 0.639. The normalized spacial score (nSPS) is 20.1. The van der Waals surface area contributed by atoms with Crippen molar-refractivity contribution in [3.8, 4) is 11.1 Å². The third-order valence-electron chi connectivity index (χ3n) is 7.25. The number of hydrogen-bond acceptors (Lipinski definition) is 7. The molecule has 33 heavy (non-hydrogen) atoms. The van der Waals surface area contributed by atoms with Gasteiger partial charge in [0.05, 0.1) is 5.39 Å². The second-order valence-corrected chi connectivity index (χ2v) is 10.3. The Bertz CT molecular complexity index is 1050. The van der Waals surface area contributed by atoms with Crippen molar-refractivity contribution in [2.75, 3.05) is 57.2 Å². The molecule has 2 fully saturated rings. The fourth-order valence-corrected chi connectivity index (χ4v) is 6.24. The van der Waals surface area contributed by atoms with Crippen molar-refractivity contribution in [2.24, 2.45) is 5.92 Å². The molecule has 176 valence electrons. The second-order valence-electron chi connectivity index (χ2n) is 9.44. The summed E-state index contributed by atoms with van der Waals surface area (Å²) in [4.78, 5) is 16.1. The van der Waals surface area contributed by atoms with Gasteiger partial charge < -0.3 is 19.9 Å². The summed E-state index contributed by atoms with van der Waals surface area (Å²) >= 11 is 1.72. The number of thiophene rings is 1. The number of piperidine rings is 1. The van der Waals surface area contributed by atoms with Crippen molar-refractivity contribution in [1.29, 1.82) is 0 Å². The number of hydrogen-bond donors (Lipinski definition) is 1. The van der Waals surface area contributed by atoms with Gasteiger partial charge in [-0.1, -0.05) is 30.3 Å². The summed E-state index contributed by atoms with van der Waals surface area (Å²) in [5.41, 5.74) is 2.47. The van der Waals surface area contributed by atoms with Crippen LogP contribution in [0.5, 0.6) is 0 Å². The molecular formula is C26H35N5OS. The number of benzene rings is 1. The zero-order valence-electron chi connectivity index (χ0n) is 19.8. The van der Waals surface area contributed by atoms with E-state index in [0.29, 0.717) is 12.0 Å². The first-order valence-electron chi connectivity index (χ1n) is 12.3. The summed E-state index contributed by atoms with van der Waals surface area (Å²) in [5, 5.41) is 6.99. The third-order valence-corrected chi connectivity index (χ3v) is 8.12. The van der Waals surface area contributed by atoms with E-state index in [9.17, 15) is 0 Å². The number of anilines is 2. The maximum absolute atomic E-state index is 5.41. The number of nitrogens with one attached hydrogen (secondary N) is 1. The SMILES string of the molecule is COCC1CCN(c2nc(NCCC3CCCN3C)nc3scc(-c4ccccc4)c23)CC1. The van der Waals surface area contributed by atoms with Crippen LogP contribution in [-0.4, -0.2) is 67.9 Å². The molecule has 1 unspecified atom stereocenters. The molecule has 0 radical (unpaired) electrons. The molecule has 4 heterocycles. The quantitative estimate of drug-likeness (QED) is 0.498. The average molecular weight is 466 g/mol. The average Bonchev–Trinajstić information content (AvgIpc) is 3.46. The monoisotopic (exact) mass is 465 g/mol. The van der Waals surface area contributed by atoms with E-state index in [-0.39, 0.29) is 0 Å². The molecule has 3 aromatic rings. The summed E-state index contributed by atoms with van der Waals surface area (Å²) < 4.78 is 5.41. The van der Waals surface area contributed by atoms with Crippen molar-refractivity contribution >= 4 is 33.3 Å². The second kappa shape index (κ2) is 10.4. The van der Waals surface area contributed by atoms with Crippen molar-refractivity contribution in [3.05, 3.63) is 35.7 Å². The fraction of sp³-hybridized carbons (Fsp3) is 0.538. The lowest BCUT2D eigenvalue weighted by Gasteiger charge is -2.33. The van der Waals surface area contributed by atoms with Gasteiger partial charge in [-0.3, -0.25) is 0 Å². The van der Waals surface area contributed by atoms with Crippen LogP contribution < -0.4 is 10.2 Å². The predicted molar refractivity (Wildman–Crippen MR) is 138 cm³/mol. The zero-order valence-corrected chi connectivity index (χ0v) is 20.6. The van der Waals surface area contributed by atoms with Crippen LogP contribution in [0.3, 0.4) is 0 Å². The summed E-state index contributed by atoms with van der Waals surface area (Å²) in [6.07, 6.45) is 6.02. The van der Waals surface area contributed by atoms with E-state index in [0.717, 1.165) is 62.1 Å². The lowest BCUT2D eigenvalue weighted by Crippen LogP contribution is -2.35. The lowest BCUT2D eigenvalue weighted by molar-refractivity contribution is 0.139. The molecular weight excluding hydrogens is 430 g/mol. The van der Waals surface area contributed by atoms with Gasteiger partial charge in [0, 0.05) is 50.3 Å². The van der Waals surface area contributed by atoms with Gasteiger partial charge in [0.2, 0.25) is 5.95 Å². The molecule has 1 N–H and O–H groups in total. The Morgan fingerprint density at radius 1 is 1.09 bits per heavy atom. The first-order chi connectivity index (χ1) is 16.2. The minimum Gasteiger partial charge on any atom is -0.384 e. The Hall–Kier alpha value is -2.22. The highest BCUT2D eigenvalue weighted by molar-refractivity contribution is 7.17.